The Morgan fingerprint density at radius 2 is 2.00 bits per heavy atom. The quantitative estimate of drug-likeness (QED) is 0.560. The van der Waals surface area contributed by atoms with Gasteiger partial charge in [0, 0.05) is 12.8 Å². The average molecular weight is 322 g/mol. The van der Waals surface area contributed by atoms with E-state index in [0.29, 0.717) is 17.3 Å². The van der Waals surface area contributed by atoms with Crippen molar-refractivity contribution >= 4 is 17.3 Å². The summed E-state index contributed by atoms with van der Waals surface area (Å²) in [4.78, 5) is 12.4. The number of hydrogen-bond donors (Lipinski definition) is 3. The summed E-state index contributed by atoms with van der Waals surface area (Å²) in [6.07, 6.45) is 4.76. The monoisotopic (exact) mass is 322 g/mol. The molecule has 1 rings (SSSR count). The van der Waals surface area contributed by atoms with E-state index in [1.807, 2.05) is 13.0 Å². The van der Waals surface area contributed by atoms with Crippen LogP contribution in [-0.2, 0) is 9.53 Å². The van der Waals surface area contributed by atoms with Gasteiger partial charge in [-0.15, -0.1) is 0 Å². The molecule has 1 aromatic rings. The highest BCUT2D eigenvalue weighted by molar-refractivity contribution is 5.95. The molecule has 0 saturated carbocycles. The summed E-state index contributed by atoms with van der Waals surface area (Å²) in [5.41, 5.74) is 4.24. The predicted octanol–water partition coefficient (Wildman–Crippen LogP) is 4.36. The number of hydrogen-bond acceptors (Lipinski definition) is 4. The second-order valence-electron chi connectivity index (χ2n) is 6.00. The largest absolute Gasteiger partial charge is 0.372 e. The van der Waals surface area contributed by atoms with Gasteiger partial charge in [-0.05, 0) is 43.4 Å². The van der Waals surface area contributed by atoms with Gasteiger partial charge >= 0.3 is 0 Å². The lowest BCUT2D eigenvalue weighted by Crippen LogP contribution is -2.30. The fourth-order valence-electron chi connectivity index (χ4n) is 2.74. The van der Waals surface area contributed by atoms with Crippen LogP contribution in [0.5, 0.6) is 0 Å². The molecule has 23 heavy (non-hydrogen) atoms. The van der Waals surface area contributed by atoms with Crippen LogP contribution >= 0.6 is 0 Å². The molecule has 3 N–H and O–H groups in total. The first-order valence-electron chi connectivity index (χ1n) is 8.40. The molecule has 0 aliphatic heterocycles. The molecule has 0 heterocycles. The number of amides is 1. The number of carbonyl (C=O) groups is 1. The highest BCUT2D eigenvalue weighted by Crippen LogP contribution is 2.22. The molecule has 2 atom stereocenters. The normalized spacial score (nSPS) is 13.4. The smallest absolute Gasteiger partial charge is 0.253 e. The molecule has 0 aliphatic rings. The highest BCUT2D eigenvalue weighted by atomic mass is 16.5. The fraction of sp³-hybridized carbons (Fsp3) is 0.611. The number of rotatable bonds is 10. The Bertz CT molecular complexity index is 491. The van der Waals surface area contributed by atoms with E-state index in [1.54, 1.807) is 19.2 Å². The molecule has 130 valence electrons. The number of nitrogens with one attached hydrogen (secondary N) is 2. The average Bonchev–Trinajstić information content (AvgIpc) is 2.56. The lowest BCUT2D eigenvalue weighted by atomic mass is 9.93. The van der Waals surface area contributed by atoms with E-state index in [9.17, 15) is 4.79 Å². The van der Waals surface area contributed by atoms with Gasteiger partial charge in [-0.2, -0.15) is 0 Å². The first-order chi connectivity index (χ1) is 11.0. The van der Waals surface area contributed by atoms with Crippen molar-refractivity contribution in [1.29, 1.82) is 0 Å². The lowest BCUT2D eigenvalue weighted by molar-refractivity contribution is -0.126. The highest BCUT2D eigenvalue weighted by Gasteiger charge is 2.20. The molecular formula is C18H30N2O3. The Kier molecular flexibility index (Phi) is 8.66. The molecule has 5 heteroatoms. The van der Waals surface area contributed by atoms with E-state index in [0.717, 1.165) is 24.8 Å². The summed E-state index contributed by atoms with van der Waals surface area (Å²) in [6, 6.07) is 5.28. The maximum atomic E-state index is 12.4. The molecule has 0 spiro atoms. The third-order valence-electron chi connectivity index (χ3n) is 4.31. The molecule has 0 aromatic heterocycles. The van der Waals surface area contributed by atoms with E-state index >= 15 is 0 Å². The Morgan fingerprint density at radius 3 is 2.57 bits per heavy atom. The minimum atomic E-state index is -0.453. The molecule has 0 aliphatic carbocycles. The molecule has 2 unspecified atom stereocenters. The fourth-order valence-corrected chi connectivity index (χ4v) is 2.74. The molecular weight excluding hydrogens is 292 g/mol. The van der Waals surface area contributed by atoms with Crippen molar-refractivity contribution in [3.8, 4) is 0 Å². The van der Waals surface area contributed by atoms with Crippen molar-refractivity contribution in [3.05, 3.63) is 23.8 Å². The Labute approximate surface area is 139 Å². The molecule has 0 fully saturated rings. The van der Waals surface area contributed by atoms with Gasteiger partial charge in [0.1, 0.15) is 6.10 Å². The van der Waals surface area contributed by atoms with Crippen LogP contribution in [0.2, 0.25) is 0 Å². The van der Waals surface area contributed by atoms with Gasteiger partial charge in [0.25, 0.3) is 5.91 Å². The number of aryl methyl sites for hydroxylation is 1. The van der Waals surface area contributed by atoms with Gasteiger partial charge in [0.15, 0.2) is 0 Å². The summed E-state index contributed by atoms with van der Waals surface area (Å²) in [5.74, 6) is 0.506. The van der Waals surface area contributed by atoms with Crippen molar-refractivity contribution in [2.24, 2.45) is 5.92 Å². The van der Waals surface area contributed by atoms with Crippen LogP contribution < -0.4 is 10.8 Å². The van der Waals surface area contributed by atoms with Gasteiger partial charge in [-0.1, -0.05) is 39.2 Å². The van der Waals surface area contributed by atoms with Crippen molar-refractivity contribution in [2.45, 2.75) is 59.0 Å². The number of ether oxygens (including phenoxy) is 1. The number of carbonyl (C=O) groups excluding carboxylic acids is 1. The van der Waals surface area contributed by atoms with E-state index < -0.39 is 6.10 Å². The second kappa shape index (κ2) is 10.2. The van der Waals surface area contributed by atoms with Crippen LogP contribution in [0.1, 0.15) is 51.5 Å². The summed E-state index contributed by atoms with van der Waals surface area (Å²) in [7, 11) is 1.57. The van der Waals surface area contributed by atoms with Crippen LogP contribution in [-0.4, -0.2) is 24.3 Å². The van der Waals surface area contributed by atoms with Gasteiger partial charge in [-0.3, -0.25) is 15.5 Å². The SMILES string of the molecule is CCCC(CC)CCC(OC)C(=O)Nc1cc(NO)ccc1C. The number of benzene rings is 1. The summed E-state index contributed by atoms with van der Waals surface area (Å²) in [5, 5.41) is 11.9. The summed E-state index contributed by atoms with van der Waals surface area (Å²) in [6.45, 7) is 6.29. The second-order valence-corrected chi connectivity index (χ2v) is 6.00. The van der Waals surface area contributed by atoms with Crippen molar-refractivity contribution < 1.29 is 14.7 Å². The van der Waals surface area contributed by atoms with E-state index in [2.05, 4.69) is 24.6 Å². The molecule has 0 bridgehead atoms. The maximum absolute atomic E-state index is 12.4. The van der Waals surface area contributed by atoms with Crippen LogP contribution in [0.4, 0.5) is 11.4 Å². The number of anilines is 2. The molecule has 5 nitrogen and oxygen atoms in total. The third kappa shape index (κ3) is 6.20. The van der Waals surface area contributed by atoms with Crippen LogP contribution in [0.3, 0.4) is 0 Å². The molecule has 0 radical (unpaired) electrons. The zero-order chi connectivity index (χ0) is 17.2. The van der Waals surface area contributed by atoms with Crippen molar-refractivity contribution in [2.75, 3.05) is 17.9 Å². The van der Waals surface area contributed by atoms with Gasteiger partial charge in [-0.25, -0.2) is 0 Å². The topological polar surface area (TPSA) is 70.6 Å². The van der Waals surface area contributed by atoms with Gasteiger partial charge in [0.05, 0.1) is 5.69 Å². The zero-order valence-corrected chi connectivity index (χ0v) is 14.7. The van der Waals surface area contributed by atoms with Gasteiger partial charge in [0.2, 0.25) is 0 Å². The van der Waals surface area contributed by atoms with Crippen molar-refractivity contribution in [3.63, 3.8) is 0 Å². The van der Waals surface area contributed by atoms with Crippen molar-refractivity contribution in [1.82, 2.24) is 0 Å². The summed E-state index contributed by atoms with van der Waals surface area (Å²) < 4.78 is 5.38. The number of methoxy groups -OCH3 is 1. The lowest BCUT2D eigenvalue weighted by Gasteiger charge is -2.19. The van der Waals surface area contributed by atoms with E-state index in [1.165, 1.54) is 12.8 Å². The first-order valence-corrected chi connectivity index (χ1v) is 8.40. The van der Waals surface area contributed by atoms with E-state index in [4.69, 9.17) is 9.94 Å². The van der Waals surface area contributed by atoms with Gasteiger partial charge < -0.3 is 10.1 Å². The first kappa shape index (κ1) is 19.5. The van der Waals surface area contributed by atoms with Crippen LogP contribution in [0, 0.1) is 12.8 Å². The molecule has 1 aromatic carbocycles. The molecule has 1 amide bonds. The van der Waals surface area contributed by atoms with Crippen LogP contribution in [0.25, 0.3) is 0 Å². The zero-order valence-electron chi connectivity index (χ0n) is 14.7. The standard InChI is InChI=1S/C18H30N2O3/c1-5-7-14(6-2)9-11-17(23-4)18(21)19-16-12-15(20-22)10-8-13(16)3/h8,10,12,14,17,20,22H,5-7,9,11H2,1-4H3,(H,19,21). The minimum absolute atomic E-state index is 0.142. The Balaban J connectivity index is 2.66. The minimum Gasteiger partial charge on any atom is -0.372 e. The summed E-state index contributed by atoms with van der Waals surface area (Å²) >= 11 is 0. The Hall–Kier alpha value is -1.59. The maximum Gasteiger partial charge on any atom is 0.253 e. The third-order valence-corrected chi connectivity index (χ3v) is 4.31. The predicted molar refractivity (Wildman–Crippen MR) is 93.9 cm³/mol. The van der Waals surface area contributed by atoms with Crippen LogP contribution in [0.15, 0.2) is 18.2 Å². The molecule has 0 saturated heterocycles. The Morgan fingerprint density at radius 1 is 1.26 bits per heavy atom. The van der Waals surface area contributed by atoms with E-state index in [-0.39, 0.29) is 5.91 Å².